The number of halogens is 2. The predicted octanol–water partition coefficient (Wildman–Crippen LogP) is 3.29. The molecule has 0 unspecified atom stereocenters. The van der Waals surface area contributed by atoms with Gasteiger partial charge in [-0.2, -0.15) is 5.10 Å². The number of likely N-dealkylation sites (tertiary alicyclic amines) is 1. The van der Waals surface area contributed by atoms with Gasteiger partial charge in [0.25, 0.3) is 15.9 Å². The molecule has 0 atom stereocenters. The maximum Gasteiger partial charge on any atom is 0.265 e. The normalized spacial score (nSPS) is 14.3. The summed E-state index contributed by atoms with van der Waals surface area (Å²) in [6.45, 7) is 2.75. The summed E-state index contributed by atoms with van der Waals surface area (Å²) in [6.07, 6.45) is 3.23. The lowest BCUT2D eigenvalue weighted by atomic mass is 10.2. The Balaban J connectivity index is 1.64. The fourth-order valence-electron chi connectivity index (χ4n) is 3.35. The SMILES string of the molecule is Cc1oc(-c2[nH]ncc2C(=O)N2CCCC2)cc1S(=O)(=O)Nc1ccc(F)c(F)c1. The number of H-pyrrole nitrogens is 1. The van der Waals surface area contributed by atoms with Gasteiger partial charge < -0.3 is 9.32 Å². The summed E-state index contributed by atoms with van der Waals surface area (Å²) in [7, 11) is -4.16. The maximum absolute atomic E-state index is 13.4. The summed E-state index contributed by atoms with van der Waals surface area (Å²) in [5.41, 5.74) is 0.412. The zero-order valence-corrected chi connectivity index (χ0v) is 16.7. The zero-order valence-electron chi connectivity index (χ0n) is 15.9. The van der Waals surface area contributed by atoms with Crippen LogP contribution >= 0.6 is 0 Å². The number of nitrogens with zero attached hydrogens (tertiary/aromatic N) is 2. The summed E-state index contributed by atoms with van der Waals surface area (Å²) in [6, 6.07) is 3.92. The number of hydrogen-bond acceptors (Lipinski definition) is 5. The first-order valence-corrected chi connectivity index (χ1v) is 10.7. The largest absolute Gasteiger partial charge is 0.458 e. The molecule has 11 heteroatoms. The number of carbonyl (C=O) groups excluding carboxylic acids is 1. The Morgan fingerprint density at radius 3 is 2.63 bits per heavy atom. The van der Waals surface area contributed by atoms with E-state index in [9.17, 15) is 22.0 Å². The van der Waals surface area contributed by atoms with Gasteiger partial charge in [-0.15, -0.1) is 0 Å². The molecule has 0 bridgehead atoms. The number of aromatic amines is 1. The molecule has 4 rings (SSSR count). The Hall–Kier alpha value is -3.21. The number of sulfonamides is 1. The van der Waals surface area contributed by atoms with Gasteiger partial charge in [0.2, 0.25) is 0 Å². The lowest BCUT2D eigenvalue weighted by Crippen LogP contribution is -2.27. The van der Waals surface area contributed by atoms with E-state index >= 15 is 0 Å². The lowest BCUT2D eigenvalue weighted by Gasteiger charge is -2.14. The minimum atomic E-state index is -4.16. The van der Waals surface area contributed by atoms with Gasteiger partial charge in [0.1, 0.15) is 16.3 Å². The average Bonchev–Trinajstić information content (AvgIpc) is 3.43. The number of carbonyl (C=O) groups is 1. The van der Waals surface area contributed by atoms with E-state index in [1.54, 1.807) is 4.90 Å². The number of aromatic nitrogens is 2. The molecule has 3 heterocycles. The molecule has 0 aliphatic carbocycles. The Kier molecular flexibility index (Phi) is 5.06. The standard InChI is InChI=1S/C19H18F2N4O4S/c1-11-17(30(27,28)24-12-4-5-14(20)15(21)8-12)9-16(29-11)18-13(10-22-23-18)19(26)25-6-2-3-7-25/h4-5,8-10,24H,2-3,6-7H2,1H3,(H,22,23). The van der Waals surface area contributed by atoms with Crippen molar-refractivity contribution in [2.75, 3.05) is 17.8 Å². The van der Waals surface area contributed by atoms with Crippen LogP contribution in [-0.2, 0) is 10.0 Å². The predicted molar refractivity (Wildman–Crippen MR) is 103 cm³/mol. The van der Waals surface area contributed by atoms with E-state index in [2.05, 4.69) is 14.9 Å². The third kappa shape index (κ3) is 3.67. The highest BCUT2D eigenvalue weighted by atomic mass is 32.2. The summed E-state index contributed by atoms with van der Waals surface area (Å²) in [4.78, 5) is 14.2. The van der Waals surface area contributed by atoms with Crippen LogP contribution in [0.25, 0.3) is 11.5 Å². The van der Waals surface area contributed by atoms with Crippen LogP contribution in [0, 0.1) is 18.6 Å². The molecule has 1 aliphatic heterocycles. The summed E-state index contributed by atoms with van der Waals surface area (Å²) in [5, 5.41) is 6.59. The van der Waals surface area contributed by atoms with Crippen molar-refractivity contribution >= 4 is 21.6 Å². The van der Waals surface area contributed by atoms with Crippen molar-refractivity contribution in [1.29, 1.82) is 0 Å². The Morgan fingerprint density at radius 1 is 1.20 bits per heavy atom. The minimum absolute atomic E-state index is 0.0641. The lowest BCUT2D eigenvalue weighted by molar-refractivity contribution is 0.0793. The molecule has 0 spiro atoms. The molecule has 8 nitrogen and oxygen atoms in total. The molecule has 1 amide bonds. The molecule has 1 aromatic carbocycles. The first-order valence-electron chi connectivity index (χ1n) is 9.17. The number of nitrogens with one attached hydrogen (secondary N) is 2. The first kappa shape index (κ1) is 20.1. The van der Waals surface area contributed by atoms with Crippen molar-refractivity contribution in [3.8, 4) is 11.5 Å². The van der Waals surface area contributed by atoms with Gasteiger partial charge in [-0.25, -0.2) is 17.2 Å². The van der Waals surface area contributed by atoms with Crippen LogP contribution < -0.4 is 4.72 Å². The monoisotopic (exact) mass is 436 g/mol. The summed E-state index contributed by atoms with van der Waals surface area (Å²) < 4.78 is 59.7. The molecule has 1 fully saturated rings. The van der Waals surface area contributed by atoms with Crippen LogP contribution in [-0.4, -0.2) is 42.5 Å². The Morgan fingerprint density at radius 2 is 1.93 bits per heavy atom. The van der Waals surface area contributed by atoms with Gasteiger partial charge in [0.15, 0.2) is 17.4 Å². The van der Waals surface area contributed by atoms with Crippen molar-refractivity contribution in [1.82, 2.24) is 15.1 Å². The fourth-order valence-corrected chi connectivity index (χ4v) is 4.58. The highest BCUT2D eigenvalue weighted by Crippen LogP contribution is 2.31. The van der Waals surface area contributed by atoms with Crippen LogP contribution in [0.15, 0.2) is 39.8 Å². The molecule has 0 radical (unpaired) electrons. The molecule has 1 aliphatic rings. The number of furan rings is 1. The van der Waals surface area contributed by atoms with Crippen LogP contribution in [0.4, 0.5) is 14.5 Å². The molecule has 30 heavy (non-hydrogen) atoms. The highest BCUT2D eigenvalue weighted by Gasteiger charge is 2.28. The van der Waals surface area contributed by atoms with E-state index in [4.69, 9.17) is 4.42 Å². The Bertz CT molecular complexity index is 1210. The van der Waals surface area contributed by atoms with Gasteiger partial charge in [0, 0.05) is 25.2 Å². The van der Waals surface area contributed by atoms with E-state index in [1.165, 1.54) is 19.2 Å². The molecule has 1 saturated heterocycles. The summed E-state index contributed by atoms with van der Waals surface area (Å²) >= 11 is 0. The van der Waals surface area contributed by atoms with E-state index in [1.807, 2.05) is 0 Å². The third-order valence-corrected chi connectivity index (χ3v) is 6.33. The van der Waals surface area contributed by atoms with Gasteiger partial charge in [0.05, 0.1) is 17.4 Å². The number of benzene rings is 1. The number of aryl methyl sites for hydroxylation is 1. The van der Waals surface area contributed by atoms with Crippen molar-refractivity contribution < 1.29 is 26.4 Å². The second-order valence-electron chi connectivity index (χ2n) is 6.92. The molecule has 0 saturated carbocycles. The third-order valence-electron chi connectivity index (χ3n) is 4.84. The van der Waals surface area contributed by atoms with Gasteiger partial charge >= 0.3 is 0 Å². The van der Waals surface area contributed by atoms with E-state index in [0.717, 1.165) is 31.0 Å². The van der Waals surface area contributed by atoms with Crippen LogP contribution in [0.5, 0.6) is 0 Å². The van der Waals surface area contributed by atoms with Gasteiger partial charge in [-0.1, -0.05) is 0 Å². The number of hydrogen-bond donors (Lipinski definition) is 2. The molecule has 2 aromatic heterocycles. The van der Waals surface area contributed by atoms with Crippen LogP contribution in [0.1, 0.15) is 29.0 Å². The van der Waals surface area contributed by atoms with Crippen molar-refractivity contribution in [3.63, 3.8) is 0 Å². The van der Waals surface area contributed by atoms with Crippen molar-refractivity contribution in [2.24, 2.45) is 0 Å². The van der Waals surface area contributed by atoms with E-state index in [0.29, 0.717) is 13.1 Å². The first-order chi connectivity index (χ1) is 14.3. The Labute approximate surface area is 170 Å². The number of anilines is 1. The molecule has 2 N–H and O–H groups in total. The molecular weight excluding hydrogens is 418 g/mol. The van der Waals surface area contributed by atoms with E-state index in [-0.39, 0.29) is 39.3 Å². The zero-order chi connectivity index (χ0) is 21.5. The van der Waals surface area contributed by atoms with E-state index < -0.39 is 21.7 Å². The van der Waals surface area contributed by atoms with Gasteiger partial charge in [-0.3, -0.25) is 14.6 Å². The minimum Gasteiger partial charge on any atom is -0.458 e. The van der Waals surface area contributed by atoms with Gasteiger partial charge in [-0.05, 0) is 31.9 Å². The molecule has 3 aromatic rings. The molecule has 158 valence electrons. The van der Waals surface area contributed by atoms with Crippen molar-refractivity contribution in [3.05, 3.63) is 53.4 Å². The smallest absolute Gasteiger partial charge is 0.265 e. The molecular formula is C19H18F2N4O4S. The summed E-state index contributed by atoms with van der Waals surface area (Å²) in [5.74, 6) is -2.29. The maximum atomic E-state index is 13.4. The number of rotatable bonds is 5. The topological polar surface area (TPSA) is 108 Å². The number of amides is 1. The van der Waals surface area contributed by atoms with Crippen LogP contribution in [0.3, 0.4) is 0 Å². The highest BCUT2D eigenvalue weighted by molar-refractivity contribution is 7.92. The van der Waals surface area contributed by atoms with Crippen molar-refractivity contribution in [2.45, 2.75) is 24.7 Å². The quantitative estimate of drug-likeness (QED) is 0.638. The second-order valence-corrected chi connectivity index (χ2v) is 8.57. The average molecular weight is 436 g/mol. The van der Waals surface area contributed by atoms with Crippen LogP contribution in [0.2, 0.25) is 0 Å². The second kappa shape index (κ2) is 7.56. The fraction of sp³-hybridized carbons (Fsp3) is 0.263.